The van der Waals surface area contributed by atoms with Crippen LogP contribution in [0.25, 0.3) is 11.1 Å². The van der Waals surface area contributed by atoms with Crippen LogP contribution in [0.2, 0.25) is 0 Å². The van der Waals surface area contributed by atoms with E-state index < -0.39 is 0 Å². The van der Waals surface area contributed by atoms with Crippen LogP contribution in [0.3, 0.4) is 0 Å². The maximum absolute atomic E-state index is 13.1. The van der Waals surface area contributed by atoms with E-state index >= 15 is 0 Å². The molecule has 0 saturated carbocycles. The van der Waals surface area contributed by atoms with Crippen LogP contribution in [0, 0.1) is 25.7 Å². The van der Waals surface area contributed by atoms with Crippen LogP contribution < -0.4 is 5.56 Å². The van der Waals surface area contributed by atoms with Crippen LogP contribution >= 0.6 is 0 Å². The number of pyridine rings is 1. The molecule has 0 atom stereocenters. The molecule has 2 aromatic heterocycles. The molecule has 1 aromatic carbocycles. The Hall–Kier alpha value is -3.26. The van der Waals surface area contributed by atoms with E-state index in [0.717, 1.165) is 27.9 Å². The van der Waals surface area contributed by atoms with Crippen molar-refractivity contribution in [2.75, 3.05) is 0 Å². The van der Waals surface area contributed by atoms with Crippen LogP contribution in [0.1, 0.15) is 29.3 Å². The van der Waals surface area contributed by atoms with Crippen LogP contribution in [-0.2, 0) is 13.6 Å². The zero-order valence-corrected chi connectivity index (χ0v) is 15.4. The third kappa shape index (κ3) is 3.02. The molecule has 0 unspecified atom stereocenters. The van der Waals surface area contributed by atoms with Crippen molar-refractivity contribution >= 4 is 0 Å². The Bertz CT molecular complexity index is 1060. The molecule has 0 fully saturated rings. The SMILES string of the molecule is CC#Cc1cc(C)c(-c2c(O)n(C)n(Cc3ccccn3)c2=O)c(C)c1. The summed E-state index contributed by atoms with van der Waals surface area (Å²) in [4.78, 5) is 17.3. The molecule has 3 rings (SSSR count). The maximum Gasteiger partial charge on any atom is 0.278 e. The van der Waals surface area contributed by atoms with Crippen molar-refractivity contribution in [2.24, 2.45) is 7.05 Å². The van der Waals surface area contributed by atoms with Gasteiger partial charge >= 0.3 is 0 Å². The lowest BCUT2D eigenvalue weighted by molar-refractivity contribution is 0.389. The molecule has 132 valence electrons. The lowest BCUT2D eigenvalue weighted by atomic mass is 9.95. The van der Waals surface area contributed by atoms with Crippen LogP contribution in [0.5, 0.6) is 5.88 Å². The Kier molecular flexibility index (Phi) is 4.68. The molecule has 0 saturated heterocycles. The van der Waals surface area contributed by atoms with Gasteiger partial charge in [0.2, 0.25) is 5.88 Å². The number of aromatic hydroxyl groups is 1. The van der Waals surface area contributed by atoms with E-state index in [9.17, 15) is 9.90 Å². The van der Waals surface area contributed by atoms with Gasteiger partial charge in [0.05, 0.1) is 12.2 Å². The van der Waals surface area contributed by atoms with Gasteiger partial charge in [-0.2, -0.15) is 0 Å². The highest BCUT2D eigenvalue weighted by Crippen LogP contribution is 2.32. The molecule has 2 heterocycles. The first-order valence-electron chi connectivity index (χ1n) is 8.37. The van der Waals surface area contributed by atoms with Crippen LogP contribution in [-0.4, -0.2) is 19.5 Å². The fourth-order valence-corrected chi connectivity index (χ4v) is 3.25. The summed E-state index contributed by atoms with van der Waals surface area (Å²) in [7, 11) is 1.67. The third-order valence-corrected chi connectivity index (χ3v) is 4.43. The van der Waals surface area contributed by atoms with Crippen LogP contribution in [0.4, 0.5) is 0 Å². The Morgan fingerprint density at radius 1 is 1.15 bits per heavy atom. The van der Waals surface area contributed by atoms with Gasteiger partial charge in [-0.1, -0.05) is 12.0 Å². The van der Waals surface area contributed by atoms with Crippen molar-refractivity contribution in [3.05, 3.63) is 69.3 Å². The first-order chi connectivity index (χ1) is 12.4. The van der Waals surface area contributed by atoms with Crippen molar-refractivity contribution in [1.82, 2.24) is 14.3 Å². The highest BCUT2D eigenvalue weighted by atomic mass is 16.3. The minimum absolute atomic E-state index is 0.0496. The topological polar surface area (TPSA) is 60.1 Å². The van der Waals surface area contributed by atoms with Gasteiger partial charge in [-0.15, -0.1) is 5.92 Å². The zero-order valence-electron chi connectivity index (χ0n) is 15.4. The van der Waals surface area contributed by atoms with E-state index in [1.807, 2.05) is 44.2 Å². The minimum Gasteiger partial charge on any atom is -0.493 e. The van der Waals surface area contributed by atoms with E-state index in [2.05, 4.69) is 16.8 Å². The third-order valence-electron chi connectivity index (χ3n) is 4.43. The van der Waals surface area contributed by atoms with Crippen molar-refractivity contribution in [1.29, 1.82) is 0 Å². The summed E-state index contributed by atoms with van der Waals surface area (Å²) in [5.41, 5.74) is 4.30. The number of rotatable bonds is 3. The molecular formula is C21H21N3O2. The largest absolute Gasteiger partial charge is 0.493 e. The molecule has 0 spiro atoms. The summed E-state index contributed by atoms with van der Waals surface area (Å²) < 4.78 is 2.97. The second-order valence-corrected chi connectivity index (χ2v) is 6.27. The maximum atomic E-state index is 13.1. The number of nitrogens with zero attached hydrogens (tertiary/aromatic N) is 3. The standard InChI is InChI=1S/C21H21N3O2/c1-5-8-16-11-14(2)18(15(3)12-16)19-20(25)23(4)24(21(19)26)13-17-9-6-7-10-22-17/h6-7,9-12,25H,13H2,1-4H3. The van der Waals surface area contributed by atoms with Gasteiger partial charge in [-0.3, -0.25) is 14.5 Å². The lowest BCUT2D eigenvalue weighted by Gasteiger charge is -2.09. The fourth-order valence-electron chi connectivity index (χ4n) is 3.25. The monoisotopic (exact) mass is 347 g/mol. The lowest BCUT2D eigenvalue weighted by Crippen LogP contribution is -2.23. The molecule has 1 N–H and O–H groups in total. The van der Waals surface area contributed by atoms with Gasteiger partial charge in [-0.25, -0.2) is 4.68 Å². The molecule has 0 aliphatic carbocycles. The molecule has 0 amide bonds. The summed E-state index contributed by atoms with van der Waals surface area (Å²) >= 11 is 0. The molecule has 0 aliphatic rings. The number of hydrogen-bond acceptors (Lipinski definition) is 3. The molecule has 5 nitrogen and oxygen atoms in total. The Morgan fingerprint density at radius 2 is 1.85 bits per heavy atom. The van der Waals surface area contributed by atoms with E-state index in [-0.39, 0.29) is 11.4 Å². The van der Waals surface area contributed by atoms with E-state index in [1.54, 1.807) is 20.2 Å². The molecule has 5 heteroatoms. The Labute approximate surface area is 152 Å². The summed E-state index contributed by atoms with van der Waals surface area (Å²) in [6.45, 7) is 5.94. The predicted octanol–water partition coefficient (Wildman–Crippen LogP) is 2.99. The van der Waals surface area contributed by atoms with Crippen molar-refractivity contribution in [2.45, 2.75) is 27.3 Å². The van der Waals surface area contributed by atoms with Crippen LogP contribution in [0.15, 0.2) is 41.3 Å². The first kappa shape index (κ1) is 17.6. The first-order valence-corrected chi connectivity index (χ1v) is 8.37. The van der Waals surface area contributed by atoms with Gasteiger partial charge in [-0.05, 0) is 61.7 Å². The van der Waals surface area contributed by atoms with Crippen molar-refractivity contribution in [3.63, 3.8) is 0 Å². The summed E-state index contributed by atoms with van der Waals surface area (Å²) in [6, 6.07) is 9.43. The molecule has 0 aliphatic heterocycles. The summed E-state index contributed by atoms with van der Waals surface area (Å²) in [5.74, 6) is 5.87. The van der Waals surface area contributed by atoms with Gasteiger partial charge in [0, 0.05) is 18.8 Å². The minimum atomic E-state index is -0.240. The Morgan fingerprint density at radius 3 is 2.42 bits per heavy atom. The van der Waals surface area contributed by atoms with Crippen molar-refractivity contribution in [3.8, 4) is 28.8 Å². The number of hydrogen-bond donors (Lipinski definition) is 1. The van der Waals surface area contributed by atoms with Gasteiger partial charge in [0.15, 0.2) is 0 Å². The molecular weight excluding hydrogens is 326 g/mol. The second-order valence-electron chi connectivity index (χ2n) is 6.27. The fraction of sp³-hybridized carbons (Fsp3) is 0.238. The highest BCUT2D eigenvalue weighted by Gasteiger charge is 2.22. The van der Waals surface area contributed by atoms with Gasteiger partial charge < -0.3 is 5.11 Å². The predicted molar refractivity (Wildman–Crippen MR) is 102 cm³/mol. The second kappa shape index (κ2) is 6.93. The summed E-state index contributed by atoms with van der Waals surface area (Å²) in [5, 5.41) is 10.6. The van der Waals surface area contributed by atoms with Crippen molar-refractivity contribution < 1.29 is 5.11 Å². The molecule has 26 heavy (non-hydrogen) atoms. The van der Waals surface area contributed by atoms with Gasteiger partial charge in [0.25, 0.3) is 5.56 Å². The smallest absolute Gasteiger partial charge is 0.278 e. The Balaban J connectivity index is 2.17. The van der Waals surface area contributed by atoms with E-state index in [4.69, 9.17) is 0 Å². The van der Waals surface area contributed by atoms with E-state index in [0.29, 0.717) is 12.1 Å². The average molecular weight is 347 g/mol. The summed E-state index contributed by atoms with van der Waals surface area (Å²) in [6.07, 6.45) is 1.69. The number of aryl methyl sites for hydroxylation is 2. The zero-order chi connectivity index (χ0) is 18.8. The number of benzene rings is 1. The van der Waals surface area contributed by atoms with Gasteiger partial charge in [0.1, 0.15) is 5.56 Å². The number of aromatic nitrogens is 3. The highest BCUT2D eigenvalue weighted by molar-refractivity contribution is 5.75. The quantitative estimate of drug-likeness (QED) is 0.741. The average Bonchev–Trinajstić information content (AvgIpc) is 2.80. The molecule has 0 bridgehead atoms. The molecule has 3 aromatic rings. The van der Waals surface area contributed by atoms with E-state index in [1.165, 1.54) is 9.36 Å². The normalized spacial score (nSPS) is 10.5. The molecule has 0 radical (unpaired) electrons.